The summed E-state index contributed by atoms with van der Waals surface area (Å²) in [7, 11) is 0. The molecular formula is C21H29BrN4O4. The van der Waals surface area contributed by atoms with E-state index in [-0.39, 0.29) is 18.4 Å². The molecule has 0 radical (unpaired) electrons. The fourth-order valence-electron chi connectivity index (χ4n) is 3.76. The fraction of sp³-hybridized carbons (Fsp3) is 0.619. The minimum atomic E-state index is -0.467. The first-order valence-electron chi connectivity index (χ1n) is 10.3. The maximum Gasteiger partial charge on any atom is 0.410 e. The Morgan fingerprint density at radius 3 is 2.60 bits per heavy atom. The molecule has 4 heterocycles. The lowest BCUT2D eigenvalue weighted by Crippen LogP contribution is -2.52. The predicted octanol–water partition coefficient (Wildman–Crippen LogP) is 3.27. The number of halogens is 1. The van der Waals surface area contributed by atoms with E-state index >= 15 is 0 Å². The number of rotatable bonds is 3. The minimum Gasteiger partial charge on any atom is -0.444 e. The number of ether oxygens (including phenoxy) is 3. The second-order valence-corrected chi connectivity index (χ2v) is 9.72. The maximum absolute atomic E-state index is 12.2. The Kier molecular flexibility index (Phi) is 6.34. The van der Waals surface area contributed by atoms with Gasteiger partial charge in [0.1, 0.15) is 11.2 Å². The van der Waals surface area contributed by atoms with Gasteiger partial charge in [-0.25, -0.2) is 9.78 Å². The number of fused-ring (bicyclic) bond motifs is 1. The van der Waals surface area contributed by atoms with Crippen molar-refractivity contribution in [2.75, 3.05) is 45.9 Å². The number of carbonyl (C=O) groups excluding carboxylic acids is 1. The number of hydrogen-bond donors (Lipinski definition) is 0. The van der Waals surface area contributed by atoms with Crippen LogP contribution in [-0.2, 0) is 14.2 Å². The van der Waals surface area contributed by atoms with Gasteiger partial charge in [-0.05, 0) is 48.8 Å². The third-order valence-corrected chi connectivity index (χ3v) is 5.73. The summed E-state index contributed by atoms with van der Waals surface area (Å²) >= 11 is 3.46. The molecule has 0 atom stereocenters. The number of aromatic nitrogens is 2. The molecule has 0 aromatic carbocycles. The average molecular weight is 481 g/mol. The van der Waals surface area contributed by atoms with Crippen LogP contribution in [0, 0.1) is 0 Å². The first-order valence-corrected chi connectivity index (χ1v) is 11.1. The Morgan fingerprint density at radius 1 is 1.23 bits per heavy atom. The van der Waals surface area contributed by atoms with E-state index in [0.29, 0.717) is 32.8 Å². The molecular weight excluding hydrogens is 452 g/mol. The zero-order valence-electron chi connectivity index (χ0n) is 17.7. The summed E-state index contributed by atoms with van der Waals surface area (Å²) in [4.78, 5) is 20.8. The Morgan fingerprint density at radius 2 is 1.93 bits per heavy atom. The summed E-state index contributed by atoms with van der Waals surface area (Å²) in [5.74, 6) is 0. The molecule has 9 heteroatoms. The van der Waals surface area contributed by atoms with Crippen molar-refractivity contribution < 1.29 is 19.0 Å². The molecule has 0 spiro atoms. The largest absolute Gasteiger partial charge is 0.444 e. The highest BCUT2D eigenvalue weighted by Crippen LogP contribution is 2.25. The van der Waals surface area contributed by atoms with Crippen LogP contribution in [0.5, 0.6) is 0 Å². The van der Waals surface area contributed by atoms with E-state index in [0.717, 1.165) is 28.6 Å². The summed E-state index contributed by atoms with van der Waals surface area (Å²) in [6.45, 7) is 10.4. The Bertz CT molecular complexity index is 881. The Hall–Kier alpha value is -1.68. The molecule has 30 heavy (non-hydrogen) atoms. The van der Waals surface area contributed by atoms with Gasteiger partial charge in [-0.3, -0.25) is 4.90 Å². The third kappa shape index (κ3) is 5.14. The van der Waals surface area contributed by atoms with Crippen molar-refractivity contribution in [3.05, 3.63) is 29.0 Å². The van der Waals surface area contributed by atoms with E-state index in [1.165, 1.54) is 0 Å². The molecule has 164 valence electrons. The predicted molar refractivity (Wildman–Crippen MR) is 116 cm³/mol. The van der Waals surface area contributed by atoms with Crippen molar-refractivity contribution in [1.29, 1.82) is 0 Å². The molecule has 2 aliphatic rings. The first kappa shape index (κ1) is 21.5. The average Bonchev–Trinajstić information content (AvgIpc) is 3.11. The molecule has 1 amide bonds. The number of hydrogen-bond acceptors (Lipinski definition) is 6. The highest BCUT2D eigenvalue weighted by atomic mass is 79.9. The summed E-state index contributed by atoms with van der Waals surface area (Å²) < 4.78 is 20.6. The SMILES string of the molecule is CC(C)(C)OC(=O)N1CCN(CC2OCC(n3ccc4cc(Br)cnc43)CO2)CC1. The van der Waals surface area contributed by atoms with Crippen LogP contribution in [0.3, 0.4) is 0 Å². The lowest BCUT2D eigenvalue weighted by Gasteiger charge is -2.38. The minimum absolute atomic E-state index is 0.108. The molecule has 8 nitrogen and oxygen atoms in total. The molecule has 0 saturated carbocycles. The molecule has 0 N–H and O–H groups in total. The lowest BCUT2D eigenvalue weighted by molar-refractivity contribution is -0.204. The van der Waals surface area contributed by atoms with Crippen molar-refractivity contribution in [1.82, 2.24) is 19.4 Å². The van der Waals surface area contributed by atoms with E-state index < -0.39 is 5.60 Å². The van der Waals surface area contributed by atoms with Crippen LogP contribution in [0.2, 0.25) is 0 Å². The van der Waals surface area contributed by atoms with Gasteiger partial charge in [0.2, 0.25) is 0 Å². The first-order chi connectivity index (χ1) is 14.3. The molecule has 2 aromatic rings. The van der Waals surface area contributed by atoms with Crippen molar-refractivity contribution in [2.24, 2.45) is 0 Å². The van der Waals surface area contributed by atoms with E-state index in [2.05, 4.69) is 42.5 Å². The van der Waals surface area contributed by atoms with Gasteiger partial charge in [-0.2, -0.15) is 0 Å². The van der Waals surface area contributed by atoms with Crippen molar-refractivity contribution in [2.45, 2.75) is 38.7 Å². The Balaban J connectivity index is 1.24. The van der Waals surface area contributed by atoms with E-state index in [4.69, 9.17) is 14.2 Å². The smallest absolute Gasteiger partial charge is 0.410 e. The van der Waals surface area contributed by atoms with Crippen LogP contribution in [0.1, 0.15) is 26.8 Å². The van der Waals surface area contributed by atoms with Crippen molar-refractivity contribution >= 4 is 33.1 Å². The van der Waals surface area contributed by atoms with E-state index in [9.17, 15) is 4.79 Å². The summed E-state index contributed by atoms with van der Waals surface area (Å²) in [6.07, 6.45) is 3.36. The highest BCUT2D eigenvalue weighted by molar-refractivity contribution is 9.10. The number of amides is 1. The van der Waals surface area contributed by atoms with Gasteiger partial charge in [-0.15, -0.1) is 0 Å². The van der Waals surface area contributed by atoms with Crippen LogP contribution < -0.4 is 0 Å². The number of carbonyl (C=O) groups is 1. The summed E-state index contributed by atoms with van der Waals surface area (Å²) in [6, 6.07) is 4.23. The van der Waals surface area contributed by atoms with Crippen LogP contribution in [0.15, 0.2) is 29.0 Å². The monoisotopic (exact) mass is 480 g/mol. The molecule has 0 unspecified atom stereocenters. The van der Waals surface area contributed by atoms with Crippen LogP contribution >= 0.6 is 15.9 Å². The summed E-state index contributed by atoms with van der Waals surface area (Å²) in [5, 5.41) is 1.09. The van der Waals surface area contributed by atoms with Gasteiger partial charge in [0.15, 0.2) is 6.29 Å². The number of pyridine rings is 1. The molecule has 2 aliphatic heterocycles. The quantitative estimate of drug-likeness (QED) is 0.671. The molecule has 4 rings (SSSR count). The summed E-state index contributed by atoms with van der Waals surface area (Å²) in [5.41, 5.74) is 0.470. The van der Waals surface area contributed by atoms with Crippen LogP contribution in [0.25, 0.3) is 11.0 Å². The third-order valence-electron chi connectivity index (χ3n) is 5.29. The van der Waals surface area contributed by atoms with Gasteiger partial charge in [0, 0.05) is 55.0 Å². The second kappa shape index (κ2) is 8.82. The molecule has 0 aliphatic carbocycles. The zero-order valence-corrected chi connectivity index (χ0v) is 19.3. The van der Waals surface area contributed by atoms with Crippen molar-refractivity contribution in [3.8, 4) is 0 Å². The van der Waals surface area contributed by atoms with Gasteiger partial charge >= 0.3 is 6.09 Å². The van der Waals surface area contributed by atoms with Gasteiger partial charge in [-0.1, -0.05) is 0 Å². The number of nitrogens with zero attached hydrogens (tertiary/aromatic N) is 4. The van der Waals surface area contributed by atoms with Crippen LogP contribution in [0.4, 0.5) is 4.79 Å². The Labute approximate surface area is 185 Å². The second-order valence-electron chi connectivity index (χ2n) is 8.81. The molecule has 0 bridgehead atoms. The lowest BCUT2D eigenvalue weighted by atomic mass is 10.2. The number of piperazine rings is 1. The fourth-order valence-corrected chi connectivity index (χ4v) is 4.11. The highest BCUT2D eigenvalue weighted by Gasteiger charge is 2.29. The maximum atomic E-state index is 12.2. The van der Waals surface area contributed by atoms with Crippen molar-refractivity contribution in [3.63, 3.8) is 0 Å². The molecule has 2 aromatic heterocycles. The normalized spacial score (nSPS) is 23.7. The zero-order chi connectivity index (χ0) is 21.3. The topological polar surface area (TPSA) is 69.1 Å². The van der Waals surface area contributed by atoms with Gasteiger partial charge < -0.3 is 23.7 Å². The van der Waals surface area contributed by atoms with Crippen LogP contribution in [-0.4, -0.2) is 83.3 Å². The van der Waals surface area contributed by atoms with Gasteiger partial charge in [0.05, 0.1) is 19.3 Å². The van der Waals surface area contributed by atoms with E-state index in [1.54, 1.807) is 4.90 Å². The van der Waals surface area contributed by atoms with Gasteiger partial charge in [0.25, 0.3) is 0 Å². The van der Waals surface area contributed by atoms with E-state index in [1.807, 2.05) is 33.2 Å². The standard InChI is InChI=1S/C21H29BrN4O4/c1-21(2,3)30-20(27)25-8-6-24(7-9-25)12-18-28-13-17(14-29-18)26-5-4-15-10-16(22)11-23-19(15)26/h4-5,10-11,17-18H,6-9,12-14H2,1-3H3. The molecule has 2 saturated heterocycles. The molecule has 2 fully saturated rings.